The molecule has 20 heavy (non-hydrogen) atoms. The summed E-state index contributed by atoms with van der Waals surface area (Å²) in [7, 11) is 0. The zero-order chi connectivity index (χ0) is 14.9. The van der Waals surface area contributed by atoms with Crippen LogP contribution < -0.4 is 0 Å². The molecule has 0 radical (unpaired) electrons. The average molecular weight is 402 g/mol. The van der Waals surface area contributed by atoms with E-state index in [1.165, 1.54) is 6.42 Å². The van der Waals surface area contributed by atoms with Crippen LogP contribution in [0.15, 0.2) is 18.2 Å². The van der Waals surface area contributed by atoms with Gasteiger partial charge in [-0.05, 0) is 30.4 Å². The first-order chi connectivity index (χ1) is 9.41. The predicted molar refractivity (Wildman–Crippen MR) is 88.3 cm³/mol. The van der Waals surface area contributed by atoms with Crippen molar-refractivity contribution in [3.05, 3.63) is 34.9 Å². The van der Waals surface area contributed by atoms with Crippen LogP contribution in [0.25, 0.3) is 0 Å². The molecule has 1 aromatic rings. The molecule has 0 heterocycles. The number of benzene rings is 1. The van der Waals surface area contributed by atoms with Gasteiger partial charge in [-0.15, -0.1) is 0 Å². The maximum Gasteiger partial charge on any atom is 0.178 e. The zero-order valence-electron chi connectivity index (χ0n) is 11.7. The van der Waals surface area contributed by atoms with Crippen molar-refractivity contribution in [3.63, 3.8) is 0 Å². The van der Waals surface area contributed by atoms with Gasteiger partial charge in [0, 0.05) is 11.1 Å². The third-order valence-corrected chi connectivity index (χ3v) is 6.22. The van der Waals surface area contributed by atoms with Crippen molar-refractivity contribution in [2.45, 2.75) is 42.8 Å². The van der Waals surface area contributed by atoms with E-state index in [-0.39, 0.29) is 11.6 Å². The molecule has 4 heteroatoms. The van der Waals surface area contributed by atoms with Crippen molar-refractivity contribution in [2.24, 2.45) is 5.92 Å². The minimum atomic E-state index is -0.464. The molecular formula is C16H18Br2O2. The van der Waals surface area contributed by atoms with E-state index in [0.29, 0.717) is 17.0 Å². The van der Waals surface area contributed by atoms with Gasteiger partial charge in [0.1, 0.15) is 0 Å². The van der Waals surface area contributed by atoms with E-state index in [1.807, 2.05) is 12.1 Å². The van der Waals surface area contributed by atoms with E-state index in [4.69, 9.17) is 0 Å². The third kappa shape index (κ3) is 3.22. The lowest BCUT2D eigenvalue weighted by atomic mass is 9.87. The summed E-state index contributed by atoms with van der Waals surface area (Å²) in [5.74, 6) is 0.666. The Kier molecular flexibility index (Phi) is 5.19. The number of hydrogen-bond donors (Lipinski definition) is 0. The summed E-state index contributed by atoms with van der Waals surface area (Å²) in [5.41, 5.74) is 2.24. The Morgan fingerprint density at radius 2 is 1.65 bits per heavy atom. The fourth-order valence-electron chi connectivity index (χ4n) is 2.44. The van der Waals surface area contributed by atoms with Crippen LogP contribution in [0.5, 0.6) is 0 Å². The van der Waals surface area contributed by atoms with Gasteiger partial charge in [-0.1, -0.05) is 64.3 Å². The molecule has 2 atom stereocenters. The minimum Gasteiger partial charge on any atom is -0.293 e. The molecule has 0 aromatic heterocycles. The molecule has 2 nitrogen and oxygen atoms in total. The average Bonchev–Trinajstić information content (AvgIpc) is 2.42. The summed E-state index contributed by atoms with van der Waals surface area (Å²) in [6, 6.07) is 5.66. The highest BCUT2D eigenvalue weighted by molar-refractivity contribution is 9.12. The van der Waals surface area contributed by atoms with Crippen molar-refractivity contribution in [1.29, 1.82) is 0 Å². The molecule has 1 aliphatic carbocycles. The Morgan fingerprint density at radius 3 is 2.25 bits per heavy atom. The van der Waals surface area contributed by atoms with Crippen molar-refractivity contribution < 1.29 is 9.59 Å². The molecule has 2 rings (SSSR count). The van der Waals surface area contributed by atoms with Gasteiger partial charge in [0.2, 0.25) is 0 Å². The van der Waals surface area contributed by atoms with Gasteiger partial charge >= 0.3 is 0 Å². The maximum absolute atomic E-state index is 12.3. The lowest BCUT2D eigenvalue weighted by Gasteiger charge is -2.23. The number of hydrogen-bond acceptors (Lipinski definition) is 2. The molecule has 0 fully saturated rings. The first-order valence-corrected chi connectivity index (χ1v) is 8.74. The lowest BCUT2D eigenvalue weighted by Crippen LogP contribution is -2.37. The van der Waals surface area contributed by atoms with Crippen LogP contribution in [0.4, 0.5) is 0 Å². The van der Waals surface area contributed by atoms with Gasteiger partial charge in [0.15, 0.2) is 11.6 Å². The Balaban J connectivity index is 2.22. The largest absolute Gasteiger partial charge is 0.293 e. The molecular weight excluding hydrogens is 384 g/mol. The van der Waals surface area contributed by atoms with Gasteiger partial charge in [-0.3, -0.25) is 9.59 Å². The smallest absolute Gasteiger partial charge is 0.178 e. The second-order valence-corrected chi connectivity index (χ2v) is 7.67. The van der Waals surface area contributed by atoms with E-state index >= 15 is 0 Å². The SMILES string of the molecule is CC(C)CCCc1ccc2c(c1)C(=O)C(Br)C(Br)C2=O. The molecule has 0 spiro atoms. The number of carbonyl (C=O) groups is 2. The number of Topliss-reactive ketones (excluding diaryl/α,β-unsaturated/α-hetero) is 2. The highest BCUT2D eigenvalue weighted by Gasteiger charge is 2.38. The van der Waals surface area contributed by atoms with Crippen molar-refractivity contribution in [1.82, 2.24) is 0 Å². The zero-order valence-corrected chi connectivity index (χ0v) is 14.8. The standard InChI is InChI=1S/C16H18Br2O2/c1-9(2)4-3-5-10-6-7-11-12(8-10)16(20)14(18)13(17)15(11)19/h6-9,13-14H,3-5H2,1-2H3. The van der Waals surface area contributed by atoms with Crippen LogP contribution in [0.1, 0.15) is 53.0 Å². The fraction of sp³-hybridized carbons (Fsp3) is 0.500. The van der Waals surface area contributed by atoms with Crippen molar-refractivity contribution >= 4 is 43.4 Å². The summed E-state index contributed by atoms with van der Waals surface area (Å²) in [6.07, 6.45) is 3.24. The minimum absolute atomic E-state index is 0.00724. The highest BCUT2D eigenvalue weighted by Crippen LogP contribution is 2.31. The lowest BCUT2D eigenvalue weighted by molar-refractivity contribution is 0.0907. The normalized spacial score (nSPS) is 22.2. The van der Waals surface area contributed by atoms with Crippen molar-refractivity contribution in [3.8, 4) is 0 Å². The van der Waals surface area contributed by atoms with E-state index in [9.17, 15) is 9.59 Å². The van der Waals surface area contributed by atoms with E-state index in [0.717, 1.165) is 18.4 Å². The van der Waals surface area contributed by atoms with Gasteiger partial charge < -0.3 is 0 Å². The van der Waals surface area contributed by atoms with Gasteiger partial charge in [0.05, 0.1) is 9.65 Å². The first-order valence-electron chi connectivity index (χ1n) is 6.91. The van der Waals surface area contributed by atoms with Crippen LogP contribution in [0.2, 0.25) is 0 Å². The number of halogens is 2. The molecule has 0 saturated heterocycles. The third-order valence-electron chi connectivity index (χ3n) is 3.62. The monoisotopic (exact) mass is 400 g/mol. The summed E-state index contributed by atoms with van der Waals surface area (Å²) in [6.45, 7) is 4.42. The topological polar surface area (TPSA) is 34.1 Å². The van der Waals surface area contributed by atoms with Gasteiger partial charge in [0.25, 0.3) is 0 Å². The number of rotatable bonds is 4. The summed E-state index contributed by atoms with van der Waals surface area (Å²) < 4.78 is 0. The highest BCUT2D eigenvalue weighted by atomic mass is 79.9. The second-order valence-electron chi connectivity index (χ2n) is 5.70. The summed E-state index contributed by atoms with van der Waals surface area (Å²) in [5, 5.41) is 0. The molecule has 0 bridgehead atoms. The Morgan fingerprint density at radius 1 is 1.05 bits per heavy atom. The molecule has 1 aromatic carbocycles. The second kappa shape index (κ2) is 6.52. The molecule has 0 N–H and O–H groups in total. The predicted octanol–water partition coefficient (Wildman–Crippen LogP) is 4.57. The van der Waals surface area contributed by atoms with E-state index in [1.54, 1.807) is 6.07 Å². The van der Waals surface area contributed by atoms with Crippen molar-refractivity contribution in [2.75, 3.05) is 0 Å². The quantitative estimate of drug-likeness (QED) is 0.692. The molecule has 1 aliphatic rings. The molecule has 0 amide bonds. The Labute approximate surface area is 136 Å². The Hall–Kier alpha value is -0.480. The Bertz CT molecular complexity index is 537. The van der Waals surface area contributed by atoms with Crippen LogP contribution in [0, 0.1) is 5.92 Å². The number of alkyl halides is 2. The number of ketones is 2. The van der Waals surface area contributed by atoms with E-state index < -0.39 is 9.65 Å². The number of fused-ring (bicyclic) bond motifs is 1. The number of carbonyl (C=O) groups excluding carboxylic acids is 2. The maximum atomic E-state index is 12.3. The van der Waals surface area contributed by atoms with E-state index in [2.05, 4.69) is 45.7 Å². The molecule has 0 saturated carbocycles. The number of aryl methyl sites for hydroxylation is 1. The molecule has 2 unspecified atom stereocenters. The van der Waals surface area contributed by atoms with Gasteiger partial charge in [-0.2, -0.15) is 0 Å². The van der Waals surface area contributed by atoms with Crippen LogP contribution >= 0.6 is 31.9 Å². The van der Waals surface area contributed by atoms with Crippen LogP contribution in [-0.2, 0) is 6.42 Å². The summed E-state index contributed by atoms with van der Waals surface area (Å²) in [4.78, 5) is 23.5. The summed E-state index contributed by atoms with van der Waals surface area (Å²) >= 11 is 6.60. The van der Waals surface area contributed by atoms with Crippen LogP contribution in [0.3, 0.4) is 0 Å². The fourth-order valence-corrected chi connectivity index (χ4v) is 3.42. The molecule has 0 aliphatic heterocycles. The van der Waals surface area contributed by atoms with Gasteiger partial charge in [-0.25, -0.2) is 0 Å². The van der Waals surface area contributed by atoms with Crippen LogP contribution in [-0.4, -0.2) is 21.2 Å². The first kappa shape index (κ1) is 15.9. The molecule has 108 valence electrons.